The molecule has 0 unspecified atom stereocenters. The molecular weight excluding hydrogens is 536 g/mol. The Morgan fingerprint density at radius 1 is 0.952 bits per heavy atom. The van der Waals surface area contributed by atoms with Gasteiger partial charge in [0, 0.05) is 18.8 Å². The fraction of sp³-hybridized carbons (Fsp3) is 0.645. The molecule has 3 heterocycles. The van der Waals surface area contributed by atoms with Gasteiger partial charge in [-0.2, -0.15) is 4.98 Å². The minimum atomic E-state index is -0.190. The van der Waals surface area contributed by atoms with Crippen molar-refractivity contribution in [2.45, 2.75) is 70.1 Å². The number of nitrogens with one attached hydrogen (secondary N) is 2. The number of hydrogen-bond acceptors (Lipinski definition) is 10. The molecule has 1 amide bonds. The van der Waals surface area contributed by atoms with Crippen LogP contribution in [0, 0.1) is 0 Å². The molecule has 11 nitrogen and oxygen atoms in total. The summed E-state index contributed by atoms with van der Waals surface area (Å²) >= 11 is 0. The Hall–Kier alpha value is -2.99. The molecular formula is C31H46N6O5. The van der Waals surface area contributed by atoms with Gasteiger partial charge in [0.1, 0.15) is 24.1 Å². The number of anilines is 4. The van der Waals surface area contributed by atoms with E-state index in [1.807, 2.05) is 31.3 Å². The average Bonchev–Trinajstić information content (AvgIpc) is 3.55. The molecule has 5 rings (SSSR count). The summed E-state index contributed by atoms with van der Waals surface area (Å²) in [7, 11) is 1.82. The molecule has 11 heteroatoms. The van der Waals surface area contributed by atoms with Gasteiger partial charge in [-0.05, 0) is 69.5 Å². The Kier molecular flexibility index (Phi) is 11.2. The van der Waals surface area contributed by atoms with E-state index in [-0.39, 0.29) is 11.9 Å². The van der Waals surface area contributed by atoms with Crippen LogP contribution in [0.3, 0.4) is 0 Å². The van der Waals surface area contributed by atoms with Crippen LogP contribution in [0.1, 0.15) is 51.9 Å². The molecule has 230 valence electrons. The molecule has 3 aliphatic rings. The molecule has 0 radical (unpaired) electrons. The average molecular weight is 583 g/mol. The summed E-state index contributed by atoms with van der Waals surface area (Å²) < 4.78 is 22.9. The Bertz CT molecular complexity index is 1120. The number of carbonyl (C=O) groups is 1. The van der Waals surface area contributed by atoms with Gasteiger partial charge in [-0.1, -0.05) is 19.8 Å². The van der Waals surface area contributed by atoms with Crippen molar-refractivity contribution in [2.24, 2.45) is 0 Å². The van der Waals surface area contributed by atoms with Crippen LogP contribution in [-0.2, 0) is 19.0 Å². The van der Waals surface area contributed by atoms with E-state index in [0.29, 0.717) is 57.7 Å². The van der Waals surface area contributed by atoms with Gasteiger partial charge in [0.15, 0.2) is 5.82 Å². The summed E-state index contributed by atoms with van der Waals surface area (Å²) in [6.45, 7) is 7.40. The van der Waals surface area contributed by atoms with Crippen molar-refractivity contribution in [2.75, 3.05) is 74.9 Å². The number of carbonyl (C=O) groups excluding carboxylic acids is 1. The molecule has 1 aliphatic carbocycles. The van der Waals surface area contributed by atoms with Crippen molar-refractivity contribution in [1.29, 1.82) is 0 Å². The molecule has 2 aliphatic heterocycles. The molecule has 2 fully saturated rings. The van der Waals surface area contributed by atoms with E-state index in [2.05, 4.69) is 27.4 Å². The van der Waals surface area contributed by atoms with Crippen molar-refractivity contribution < 1.29 is 23.7 Å². The van der Waals surface area contributed by atoms with Crippen LogP contribution in [0.15, 0.2) is 30.5 Å². The molecule has 42 heavy (non-hydrogen) atoms. The Balaban J connectivity index is 1.04. The molecule has 1 aromatic heterocycles. The quantitative estimate of drug-likeness (QED) is 0.300. The molecule has 1 atom stereocenters. The van der Waals surface area contributed by atoms with E-state index < -0.39 is 0 Å². The SMILES string of the molecule is CC[C@@H]1C(=O)N(C)c2cnc(Nc3ccc(OCCOCCOCCOC4CCNCC4)cc3)nc2N1C1CCCC1. The summed E-state index contributed by atoms with van der Waals surface area (Å²) in [5, 5.41) is 6.65. The zero-order chi connectivity index (χ0) is 29.1. The number of fused-ring (bicyclic) bond motifs is 1. The van der Waals surface area contributed by atoms with Gasteiger partial charge in [0.05, 0.1) is 45.3 Å². The van der Waals surface area contributed by atoms with Crippen molar-refractivity contribution >= 4 is 29.0 Å². The zero-order valence-corrected chi connectivity index (χ0v) is 25.1. The van der Waals surface area contributed by atoms with E-state index in [1.165, 1.54) is 12.8 Å². The Morgan fingerprint density at radius 2 is 1.64 bits per heavy atom. The maximum Gasteiger partial charge on any atom is 0.249 e. The van der Waals surface area contributed by atoms with E-state index in [0.717, 1.165) is 68.1 Å². The van der Waals surface area contributed by atoms with Gasteiger partial charge in [-0.25, -0.2) is 4.98 Å². The predicted octanol–water partition coefficient (Wildman–Crippen LogP) is 3.90. The first kappa shape index (κ1) is 30.5. The van der Waals surface area contributed by atoms with Crippen LogP contribution in [0.2, 0.25) is 0 Å². The third-order valence-electron chi connectivity index (χ3n) is 8.26. The van der Waals surface area contributed by atoms with Crippen molar-refractivity contribution in [3.63, 3.8) is 0 Å². The molecule has 1 saturated heterocycles. The van der Waals surface area contributed by atoms with E-state index in [9.17, 15) is 4.79 Å². The van der Waals surface area contributed by atoms with Crippen LogP contribution in [0.5, 0.6) is 5.75 Å². The van der Waals surface area contributed by atoms with Gasteiger partial charge in [0.25, 0.3) is 0 Å². The number of aromatic nitrogens is 2. The maximum atomic E-state index is 13.1. The summed E-state index contributed by atoms with van der Waals surface area (Å²) in [4.78, 5) is 26.5. The largest absolute Gasteiger partial charge is 0.491 e. The van der Waals surface area contributed by atoms with Crippen molar-refractivity contribution in [3.8, 4) is 5.75 Å². The molecule has 0 spiro atoms. The molecule has 2 aromatic rings. The van der Waals surface area contributed by atoms with E-state index in [4.69, 9.17) is 23.9 Å². The number of rotatable bonds is 15. The highest BCUT2D eigenvalue weighted by molar-refractivity contribution is 6.04. The first-order chi connectivity index (χ1) is 20.6. The number of hydrogen-bond donors (Lipinski definition) is 2. The van der Waals surface area contributed by atoms with Crippen LogP contribution in [0.4, 0.5) is 23.1 Å². The van der Waals surface area contributed by atoms with Gasteiger partial charge >= 0.3 is 0 Å². The standard InChI is InChI=1S/C31H46N6O5/c1-3-27-30(38)36(2)28-22-33-31(35-29(28)37(27)24-6-4-5-7-24)34-23-8-10-25(11-9-23)41-20-18-39-16-17-40-19-21-42-26-12-14-32-15-13-26/h8-11,22,24,26-27,32H,3-7,12-21H2,1-2H3,(H,33,34,35)/t27-/m1/s1. The highest BCUT2D eigenvalue weighted by Gasteiger charge is 2.41. The molecule has 1 saturated carbocycles. The third-order valence-corrected chi connectivity index (χ3v) is 8.26. The van der Waals surface area contributed by atoms with Gasteiger partial charge in [0.2, 0.25) is 11.9 Å². The lowest BCUT2D eigenvalue weighted by Crippen LogP contribution is -2.55. The number of piperidine rings is 1. The maximum absolute atomic E-state index is 13.1. The Morgan fingerprint density at radius 3 is 2.36 bits per heavy atom. The number of likely N-dealkylation sites (N-methyl/N-ethyl adjacent to an activating group) is 1. The number of nitrogens with zero attached hydrogens (tertiary/aromatic N) is 4. The molecule has 1 aromatic carbocycles. The summed E-state index contributed by atoms with van der Waals surface area (Å²) in [5.41, 5.74) is 1.63. The highest BCUT2D eigenvalue weighted by atomic mass is 16.6. The monoisotopic (exact) mass is 582 g/mol. The Labute approximate surface area is 249 Å². The molecule has 2 N–H and O–H groups in total. The number of benzene rings is 1. The summed E-state index contributed by atoms with van der Waals surface area (Å²) in [6, 6.07) is 7.86. The van der Waals surface area contributed by atoms with E-state index >= 15 is 0 Å². The first-order valence-corrected chi connectivity index (χ1v) is 15.5. The summed E-state index contributed by atoms with van der Waals surface area (Å²) in [5.74, 6) is 2.23. The zero-order valence-electron chi connectivity index (χ0n) is 25.1. The second-order valence-corrected chi connectivity index (χ2v) is 11.1. The van der Waals surface area contributed by atoms with E-state index in [1.54, 1.807) is 11.1 Å². The van der Waals surface area contributed by atoms with Crippen LogP contribution in [0.25, 0.3) is 0 Å². The van der Waals surface area contributed by atoms with Crippen LogP contribution < -0.4 is 25.2 Å². The fourth-order valence-corrected chi connectivity index (χ4v) is 5.98. The second-order valence-electron chi connectivity index (χ2n) is 11.1. The van der Waals surface area contributed by atoms with Gasteiger partial charge in [-0.15, -0.1) is 0 Å². The van der Waals surface area contributed by atoms with Crippen LogP contribution in [-0.4, -0.2) is 93.8 Å². The van der Waals surface area contributed by atoms with Gasteiger partial charge < -0.3 is 39.4 Å². The molecule has 0 bridgehead atoms. The van der Waals surface area contributed by atoms with Crippen molar-refractivity contribution in [3.05, 3.63) is 30.5 Å². The fourth-order valence-electron chi connectivity index (χ4n) is 5.98. The minimum Gasteiger partial charge on any atom is -0.491 e. The smallest absolute Gasteiger partial charge is 0.249 e. The number of amides is 1. The second kappa shape index (κ2) is 15.5. The lowest BCUT2D eigenvalue weighted by Gasteiger charge is -2.43. The first-order valence-electron chi connectivity index (χ1n) is 15.5. The number of ether oxygens (including phenoxy) is 4. The normalized spacial score (nSPS) is 19.8. The lowest BCUT2D eigenvalue weighted by molar-refractivity contribution is -0.120. The minimum absolute atomic E-state index is 0.115. The highest BCUT2D eigenvalue weighted by Crippen LogP contribution is 2.40. The van der Waals surface area contributed by atoms with Gasteiger partial charge in [-0.3, -0.25) is 4.79 Å². The third kappa shape index (κ3) is 7.89. The topological polar surface area (TPSA) is 110 Å². The van der Waals surface area contributed by atoms with Crippen LogP contribution >= 0.6 is 0 Å². The lowest BCUT2D eigenvalue weighted by atomic mass is 10.0. The van der Waals surface area contributed by atoms with Crippen molar-refractivity contribution in [1.82, 2.24) is 15.3 Å². The summed E-state index contributed by atoms with van der Waals surface area (Å²) in [6.07, 6.45) is 9.58. The predicted molar refractivity (Wildman–Crippen MR) is 163 cm³/mol.